The van der Waals surface area contributed by atoms with Gasteiger partial charge in [0.05, 0.1) is 19.4 Å². The van der Waals surface area contributed by atoms with E-state index < -0.39 is 5.60 Å². The Morgan fingerprint density at radius 2 is 2.07 bits per heavy atom. The van der Waals surface area contributed by atoms with Gasteiger partial charge in [0.1, 0.15) is 22.9 Å². The molecule has 3 aliphatic rings. The molecule has 0 aliphatic carbocycles. The predicted octanol–water partition coefficient (Wildman–Crippen LogP) is 3.10. The molecule has 1 unspecified atom stereocenters. The fourth-order valence-electron chi connectivity index (χ4n) is 4.47. The molecule has 4 heterocycles. The number of aromatic hydroxyl groups is 1. The largest absolute Gasteiger partial charge is 0.508 e. The van der Waals surface area contributed by atoms with E-state index in [4.69, 9.17) is 4.74 Å². The van der Waals surface area contributed by atoms with E-state index in [9.17, 15) is 9.90 Å². The summed E-state index contributed by atoms with van der Waals surface area (Å²) < 4.78 is 6.23. The first kappa shape index (κ1) is 18.1. The van der Waals surface area contributed by atoms with Crippen LogP contribution < -0.4 is 9.64 Å². The van der Waals surface area contributed by atoms with Gasteiger partial charge >= 0.3 is 0 Å². The van der Waals surface area contributed by atoms with Crippen molar-refractivity contribution in [2.45, 2.75) is 32.4 Å². The third-order valence-corrected chi connectivity index (χ3v) is 5.96. The summed E-state index contributed by atoms with van der Waals surface area (Å²) in [6, 6.07) is 9.14. The van der Waals surface area contributed by atoms with Gasteiger partial charge in [0.15, 0.2) is 5.78 Å². The van der Waals surface area contributed by atoms with E-state index in [1.165, 1.54) is 5.57 Å². The van der Waals surface area contributed by atoms with Crippen LogP contribution in [-0.2, 0) is 0 Å². The van der Waals surface area contributed by atoms with E-state index in [1.807, 2.05) is 18.2 Å². The monoisotopic (exact) mass is 392 g/mol. The normalized spacial score (nSPS) is 22.9. The van der Waals surface area contributed by atoms with Crippen molar-refractivity contribution in [1.29, 1.82) is 0 Å². The Kier molecular flexibility index (Phi) is 3.94. The lowest BCUT2D eigenvalue weighted by Crippen LogP contribution is -2.51. The van der Waals surface area contributed by atoms with Crippen LogP contribution in [0.4, 0.5) is 5.82 Å². The van der Waals surface area contributed by atoms with Crippen LogP contribution in [0.15, 0.2) is 48.2 Å². The van der Waals surface area contributed by atoms with Crippen LogP contribution in [0.1, 0.15) is 42.7 Å². The molecule has 7 heteroatoms. The Balaban J connectivity index is 1.49. The van der Waals surface area contributed by atoms with E-state index in [1.54, 1.807) is 25.3 Å². The summed E-state index contributed by atoms with van der Waals surface area (Å²) in [7, 11) is 0. The van der Waals surface area contributed by atoms with Gasteiger partial charge in [-0.2, -0.15) is 0 Å². The van der Waals surface area contributed by atoms with Gasteiger partial charge < -0.3 is 14.7 Å². The molecule has 1 N–H and O–H groups in total. The van der Waals surface area contributed by atoms with Gasteiger partial charge in [-0.05, 0) is 50.6 Å². The zero-order valence-corrected chi connectivity index (χ0v) is 16.8. The topological polar surface area (TPSA) is 69.1 Å². The molecule has 5 rings (SSSR count). The molecule has 29 heavy (non-hydrogen) atoms. The lowest BCUT2D eigenvalue weighted by atomic mass is 9.82. The van der Waals surface area contributed by atoms with Crippen molar-refractivity contribution in [3.05, 3.63) is 59.3 Å². The van der Waals surface area contributed by atoms with Crippen molar-refractivity contribution in [1.82, 2.24) is 15.0 Å². The number of aromatic nitrogens is 1. The number of anilines is 1. The number of hydrazine groups is 1. The molecular formula is C22H24N4O3. The molecular weight excluding hydrogens is 368 g/mol. The van der Waals surface area contributed by atoms with Gasteiger partial charge in [-0.25, -0.2) is 15.0 Å². The van der Waals surface area contributed by atoms with E-state index in [-0.39, 0.29) is 17.6 Å². The highest BCUT2D eigenvalue weighted by molar-refractivity contribution is 5.93. The number of ketones is 1. The van der Waals surface area contributed by atoms with E-state index in [0.29, 0.717) is 12.2 Å². The Hall–Kier alpha value is -2.90. The van der Waals surface area contributed by atoms with Crippen LogP contribution in [0.5, 0.6) is 11.5 Å². The van der Waals surface area contributed by atoms with Crippen molar-refractivity contribution in [2.75, 3.05) is 24.8 Å². The first-order valence-corrected chi connectivity index (χ1v) is 9.79. The first-order valence-electron chi connectivity index (χ1n) is 9.79. The summed E-state index contributed by atoms with van der Waals surface area (Å²) >= 11 is 0. The average Bonchev–Trinajstić information content (AvgIpc) is 3.11. The van der Waals surface area contributed by atoms with Crippen molar-refractivity contribution in [3.63, 3.8) is 0 Å². The average molecular weight is 392 g/mol. The fraction of sp³-hybridized carbons (Fsp3) is 0.364. The second kappa shape index (κ2) is 6.30. The second-order valence-electron chi connectivity index (χ2n) is 8.31. The maximum atomic E-state index is 11.5. The highest BCUT2D eigenvalue weighted by Crippen LogP contribution is 2.50. The number of hydrogen-bond acceptors (Lipinski definition) is 7. The number of ether oxygens (including phenoxy) is 1. The summed E-state index contributed by atoms with van der Waals surface area (Å²) in [5.41, 5.74) is 2.45. The molecule has 1 atom stereocenters. The Morgan fingerprint density at radius 1 is 1.24 bits per heavy atom. The van der Waals surface area contributed by atoms with Gasteiger partial charge in [-0.1, -0.05) is 6.08 Å². The number of hydrogen-bond donors (Lipinski definition) is 1. The highest BCUT2D eigenvalue weighted by Gasteiger charge is 2.47. The fourth-order valence-corrected chi connectivity index (χ4v) is 4.47. The summed E-state index contributed by atoms with van der Waals surface area (Å²) in [5, 5.41) is 14.6. The lowest BCUT2D eigenvalue weighted by molar-refractivity contribution is -0.0297. The Morgan fingerprint density at radius 3 is 2.79 bits per heavy atom. The quantitative estimate of drug-likeness (QED) is 0.622. The molecule has 0 spiro atoms. The number of rotatable bonds is 2. The minimum absolute atomic E-state index is 0.0183. The Bertz CT molecular complexity index is 1020. The van der Waals surface area contributed by atoms with Crippen molar-refractivity contribution < 1.29 is 14.6 Å². The maximum absolute atomic E-state index is 11.5. The van der Waals surface area contributed by atoms with Gasteiger partial charge in [-0.3, -0.25) is 4.79 Å². The van der Waals surface area contributed by atoms with Crippen LogP contribution in [0, 0.1) is 0 Å². The van der Waals surface area contributed by atoms with Crippen LogP contribution in [-0.4, -0.2) is 51.4 Å². The Labute approximate surface area is 169 Å². The summed E-state index contributed by atoms with van der Waals surface area (Å²) in [4.78, 5) is 18.2. The molecule has 1 saturated heterocycles. The second-order valence-corrected chi connectivity index (χ2v) is 8.31. The number of phenols is 1. The van der Waals surface area contributed by atoms with Gasteiger partial charge in [0.2, 0.25) is 0 Å². The highest BCUT2D eigenvalue weighted by atomic mass is 16.5. The van der Waals surface area contributed by atoms with E-state index in [2.05, 4.69) is 39.8 Å². The third kappa shape index (κ3) is 2.89. The number of nitrogens with zero attached hydrogens (tertiary/aromatic N) is 4. The first-order chi connectivity index (χ1) is 13.8. The molecule has 1 aromatic carbocycles. The minimum atomic E-state index is -0.452. The van der Waals surface area contributed by atoms with E-state index >= 15 is 0 Å². The van der Waals surface area contributed by atoms with Crippen LogP contribution >= 0.6 is 0 Å². The van der Waals surface area contributed by atoms with Crippen LogP contribution in [0.25, 0.3) is 0 Å². The molecule has 2 aromatic rings. The molecule has 7 nitrogen and oxygen atoms in total. The number of fused-ring (bicyclic) bond motifs is 5. The number of Topliss-reactive ketones (excluding diaryl/α,β-unsaturated/α-hetero) is 1. The minimum Gasteiger partial charge on any atom is -0.508 e. The smallest absolute Gasteiger partial charge is 0.161 e. The standard InChI is InChI=1S/C22H24N4O3/c1-14(27)15-4-7-20(23-11-15)24-12-25-9-8-18-21(26(25)13-24)17-6-5-16(28)10-19(17)29-22(18,2)3/h4-8,10-11,21,28H,9,12-13H2,1-3H3. The van der Waals surface area contributed by atoms with Crippen LogP contribution in [0.3, 0.4) is 0 Å². The summed E-state index contributed by atoms with van der Waals surface area (Å²) in [6.45, 7) is 7.91. The number of carbonyl (C=O) groups is 1. The number of benzene rings is 1. The van der Waals surface area contributed by atoms with Gasteiger partial charge in [-0.15, -0.1) is 0 Å². The van der Waals surface area contributed by atoms with Crippen molar-refractivity contribution in [3.8, 4) is 11.5 Å². The predicted molar refractivity (Wildman–Crippen MR) is 109 cm³/mol. The summed E-state index contributed by atoms with van der Waals surface area (Å²) in [6.07, 6.45) is 3.90. The SMILES string of the molecule is CC(=O)c1ccc(N2CN3CC=C4C(c5ccc(O)cc5OC4(C)C)N3C2)nc1. The number of pyridine rings is 1. The maximum Gasteiger partial charge on any atom is 0.161 e. The van der Waals surface area contributed by atoms with Gasteiger partial charge in [0, 0.05) is 29.9 Å². The molecule has 0 amide bonds. The van der Waals surface area contributed by atoms with E-state index in [0.717, 1.165) is 30.3 Å². The van der Waals surface area contributed by atoms with Crippen molar-refractivity contribution in [2.24, 2.45) is 0 Å². The molecule has 150 valence electrons. The molecule has 0 radical (unpaired) electrons. The molecule has 3 aliphatic heterocycles. The van der Waals surface area contributed by atoms with Crippen LogP contribution in [0.2, 0.25) is 0 Å². The number of carbonyl (C=O) groups excluding carboxylic acids is 1. The third-order valence-electron chi connectivity index (χ3n) is 5.96. The lowest BCUT2D eigenvalue weighted by Gasteiger charge is -2.47. The van der Waals surface area contributed by atoms with Gasteiger partial charge in [0.25, 0.3) is 0 Å². The molecule has 0 saturated carbocycles. The molecule has 1 aromatic heterocycles. The zero-order valence-electron chi connectivity index (χ0n) is 16.8. The van der Waals surface area contributed by atoms with Crippen molar-refractivity contribution >= 4 is 11.6 Å². The zero-order chi connectivity index (χ0) is 20.3. The number of phenolic OH excluding ortho intramolecular Hbond substituents is 1. The molecule has 0 bridgehead atoms. The summed E-state index contributed by atoms with van der Waals surface area (Å²) in [5.74, 6) is 1.80. The molecule has 1 fully saturated rings.